The van der Waals surface area contributed by atoms with Gasteiger partial charge in [-0.05, 0) is 35.7 Å². The van der Waals surface area contributed by atoms with Crippen LogP contribution in [0.4, 0.5) is 0 Å². The largest absolute Gasteiger partial charge is 0.497 e. The molecule has 1 N–H and O–H groups in total. The highest BCUT2D eigenvalue weighted by molar-refractivity contribution is 6.35. The zero-order valence-electron chi connectivity index (χ0n) is 17.2. The van der Waals surface area contributed by atoms with Crippen molar-refractivity contribution < 1.29 is 14.6 Å². The number of aryl methyl sites for hydroxylation is 1. The van der Waals surface area contributed by atoms with Gasteiger partial charge >= 0.3 is 5.97 Å². The van der Waals surface area contributed by atoms with Crippen molar-refractivity contribution in [2.75, 3.05) is 7.11 Å². The summed E-state index contributed by atoms with van der Waals surface area (Å²) in [6.45, 7) is 0. The third-order valence-electron chi connectivity index (χ3n) is 5.24. The lowest BCUT2D eigenvalue weighted by Crippen LogP contribution is -2.03. The first-order valence-corrected chi connectivity index (χ1v) is 10.6. The molecule has 0 aliphatic heterocycles. The number of rotatable bonds is 7. The molecule has 0 bridgehead atoms. The molecule has 2 aromatic heterocycles. The summed E-state index contributed by atoms with van der Waals surface area (Å²) in [6.07, 6.45) is 3.91. The van der Waals surface area contributed by atoms with Gasteiger partial charge in [0.2, 0.25) is 0 Å². The van der Waals surface area contributed by atoms with Crippen LogP contribution in [0.3, 0.4) is 0 Å². The Bertz CT molecular complexity index is 1290. The maximum atomic E-state index is 11.1. The normalized spacial score (nSPS) is 11.0. The minimum atomic E-state index is -0.848. The Labute approximate surface area is 194 Å². The number of aliphatic carboxylic acids is 1. The Morgan fingerprint density at radius 3 is 2.50 bits per heavy atom. The van der Waals surface area contributed by atoms with Crippen molar-refractivity contribution in [2.45, 2.75) is 19.3 Å². The molecule has 0 saturated heterocycles. The fraction of sp³-hybridized carbons (Fsp3) is 0.167. The van der Waals surface area contributed by atoms with Gasteiger partial charge in [0.15, 0.2) is 0 Å². The molecule has 6 nitrogen and oxygen atoms in total. The lowest BCUT2D eigenvalue weighted by atomic mass is 9.95. The molecule has 2 heterocycles. The Balaban J connectivity index is 1.88. The molecule has 0 saturated carbocycles. The molecule has 32 heavy (non-hydrogen) atoms. The average Bonchev–Trinajstić information content (AvgIpc) is 2.80. The molecule has 162 valence electrons. The van der Waals surface area contributed by atoms with Crippen LogP contribution < -0.4 is 4.74 Å². The van der Waals surface area contributed by atoms with Crippen molar-refractivity contribution in [3.8, 4) is 17.0 Å². The molecule has 0 atom stereocenters. The number of hydrogen-bond donors (Lipinski definition) is 1. The van der Waals surface area contributed by atoms with E-state index in [9.17, 15) is 4.79 Å². The van der Waals surface area contributed by atoms with Gasteiger partial charge in [0, 0.05) is 41.6 Å². The van der Waals surface area contributed by atoms with E-state index in [1.165, 1.54) is 0 Å². The fourth-order valence-electron chi connectivity index (χ4n) is 3.63. The van der Waals surface area contributed by atoms with Gasteiger partial charge in [0.05, 0.1) is 22.8 Å². The van der Waals surface area contributed by atoms with Crippen LogP contribution >= 0.6 is 23.2 Å². The third-order valence-corrected chi connectivity index (χ3v) is 5.89. The number of aromatic nitrogens is 3. The van der Waals surface area contributed by atoms with Gasteiger partial charge in [0.25, 0.3) is 0 Å². The van der Waals surface area contributed by atoms with Crippen LogP contribution in [-0.4, -0.2) is 33.4 Å². The molecule has 4 rings (SSSR count). The number of hydrogen-bond acceptors (Lipinski definition) is 5. The molecule has 0 unspecified atom stereocenters. The van der Waals surface area contributed by atoms with Gasteiger partial charge in [-0.2, -0.15) is 5.10 Å². The first-order valence-electron chi connectivity index (χ1n) is 9.89. The van der Waals surface area contributed by atoms with E-state index in [0.29, 0.717) is 40.0 Å². The second-order valence-corrected chi connectivity index (χ2v) is 8.03. The van der Waals surface area contributed by atoms with Crippen LogP contribution in [0.2, 0.25) is 10.0 Å². The molecular formula is C24H19Cl2N3O3. The predicted octanol–water partition coefficient (Wildman–Crippen LogP) is 5.62. The standard InChI is InChI=1S/C24H19Cl2N3O3/c1-32-15-7-8-17-18(10-15)24(16-5-3-2-4-14(16)6-9-23(30)31)29-28-22(17)11-19-20(25)12-27-13-21(19)26/h2-5,7-8,10,12-13H,6,9,11H2,1H3,(H,30,31). The minimum absolute atomic E-state index is 0.0306. The number of methoxy groups -OCH3 is 1. The Morgan fingerprint density at radius 1 is 1.03 bits per heavy atom. The number of carboxylic acid groups (broad SMARTS) is 1. The van der Waals surface area contributed by atoms with Crippen molar-refractivity contribution in [1.29, 1.82) is 0 Å². The molecule has 0 fully saturated rings. The molecule has 0 radical (unpaired) electrons. The van der Waals surface area contributed by atoms with E-state index in [1.807, 2.05) is 42.5 Å². The number of carboxylic acids is 1. The smallest absolute Gasteiger partial charge is 0.303 e. The van der Waals surface area contributed by atoms with Crippen LogP contribution in [-0.2, 0) is 17.6 Å². The Kier molecular flexibility index (Phi) is 6.53. The Morgan fingerprint density at radius 2 is 1.78 bits per heavy atom. The van der Waals surface area contributed by atoms with E-state index in [-0.39, 0.29) is 6.42 Å². The number of pyridine rings is 1. The number of ether oxygens (including phenoxy) is 1. The van der Waals surface area contributed by atoms with Crippen molar-refractivity contribution in [2.24, 2.45) is 0 Å². The first-order chi connectivity index (χ1) is 15.5. The third kappa shape index (κ3) is 4.52. The summed E-state index contributed by atoms with van der Waals surface area (Å²) in [6, 6.07) is 13.3. The van der Waals surface area contributed by atoms with Gasteiger partial charge < -0.3 is 9.84 Å². The van der Waals surface area contributed by atoms with Gasteiger partial charge in [-0.3, -0.25) is 9.78 Å². The Hall–Kier alpha value is -3.22. The van der Waals surface area contributed by atoms with Crippen LogP contribution in [0.25, 0.3) is 22.0 Å². The van der Waals surface area contributed by atoms with Crippen LogP contribution in [0.5, 0.6) is 5.75 Å². The highest BCUT2D eigenvalue weighted by atomic mass is 35.5. The van der Waals surface area contributed by atoms with Gasteiger partial charge in [-0.25, -0.2) is 0 Å². The minimum Gasteiger partial charge on any atom is -0.497 e. The van der Waals surface area contributed by atoms with Gasteiger partial charge in [-0.15, -0.1) is 5.10 Å². The molecule has 8 heteroatoms. The van der Waals surface area contributed by atoms with E-state index >= 15 is 0 Å². The summed E-state index contributed by atoms with van der Waals surface area (Å²) < 4.78 is 5.44. The number of benzene rings is 2. The average molecular weight is 468 g/mol. The summed E-state index contributed by atoms with van der Waals surface area (Å²) in [5, 5.41) is 20.8. The quantitative estimate of drug-likeness (QED) is 0.379. The van der Waals surface area contributed by atoms with E-state index in [0.717, 1.165) is 27.5 Å². The van der Waals surface area contributed by atoms with Crippen LogP contribution in [0.1, 0.15) is 23.2 Å². The topological polar surface area (TPSA) is 85.2 Å². The van der Waals surface area contributed by atoms with E-state index in [4.69, 9.17) is 33.0 Å². The molecule has 0 aliphatic carbocycles. The summed E-state index contributed by atoms with van der Waals surface area (Å²) in [7, 11) is 1.60. The molecule has 2 aromatic carbocycles. The number of fused-ring (bicyclic) bond motifs is 1. The monoisotopic (exact) mass is 467 g/mol. The molecule has 0 amide bonds. The van der Waals surface area contributed by atoms with E-state index in [1.54, 1.807) is 19.5 Å². The van der Waals surface area contributed by atoms with Gasteiger partial charge in [0.1, 0.15) is 11.4 Å². The lowest BCUT2D eigenvalue weighted by Gasteiger charge is -2.14. The number of nitrogens with zero attached hydrogens (tertiary/aromatic N) is 3. The van der Waals surface area contributed by atoms with E-state index in [2.05, 4.69) is 15.2 Å². The van der Waals surface area contributed by atoms with Gasteiger partial charge in [-0.1, -0.05) is 47.5 Å². The first kappa shape index (κ1) is 22.0. The fourth-order valence-corrected chi connectivity index (χ4v) is 4.13. The highest BCUT2D eigenvalue weighted by Crippen LogP contribution is 2.34. The second kappa shape index (κ2) is 9.51. The summed E-state index contributed by atoms with van der Waals surface area (Å²) in [5.41, 5.74) is 3.83. The van der Waals surface area contributed by atoms with Crippen LogP contribution in [0.15, 0.2) is 54.9 Å². The summed E-state index contributed by atoms with van der Waals surface area (Å²) >= 11 is 12.6. The molecule has 4 aromatic rings. The highest BCUT2D eigenvalue weighted by Gasteiger charge is 2.17. The van der Waals surface area contributed by atoms with Crippen molar-refractivity contribution >= 4 is 39.9 Å². The van der Waals surface area contributed by atoms with E-state index < -0.39 is 5.97 Å². The molecular weight excluding hydrogens is 449 g/mol. The SMILES string of the molecule is COc1ccc2c(Cc3c(Cl)cncc3Cl)nnc(-c3ccccc3CCC(=O)O)c2c1. The predicted molar refractivity (Wildman–Crippen MR) is 125 cm³/mol. The maximum absolute atomic E-state index is 11.1. The van der Waals surface area contributed by atoms with Crippen molar-refractivity contribution in [3.63, 3.8) is 0 Å². The summed E-state index contributed by atoms with van der Waals surface area (Å²) in [5.74, 6) is -0.167. The molecule has 0 spiro atoms. The number of halogens is 2. The molecule has 0 aliphatic rings. The number of carbonyl (C=O) groups is 1. The van der Waals surface area contributed by atoms with Crippen LogP contribution in [0, 0.1) is 0 Å². The zero-order chi connectivity index (χ0) is 22.7. The lowest BCUT2D eigenvalue weighted by molar-refractivity contribution is -0.136. The zero-order valence-corrected chi connectivity index (χ0v) is 18.7. The maximum Gasteiger partial charge on any atom is 0.303 e. The summed E-state index contributed by atoms with van der Waals surface area (Å²) in [4.78, 5) is 15.1. The van der Waals surface area contributed by atoms with Crippen molar-refractivity contribution in [1.82, 2.24) is 15.2 Å². The van der Waals surface area contributed by atoms with Crippen molar-refractivity contribution in [3.05, 3.63) is 81.7 Å². The second-order valence-electron chi connectivity index (χ2n) is 7.22.